The van der Waals surface area contributed by atoms with Gasteiger partial charge in [0.1, 0.15) is 0 Å². The van der Waals surface area contributed by atoms with E-state index in [-0.39, 0.29) is 23.8 Å². The molecule has 86 valence electrons. The number of esters is 1. The minimum absolute atomic E-state index is 0.0248. The van der Waals surface area contributed by atoms with Gasteiger partial charge in [0.25, 0.3) is 0 Å². The summed E-state index contributed by atoms with van der Waals surface area (Å²) in [5.41, 5.74) is 0. The first kappa shape index (κ1) is 12.0. The van der Waals surface area contributed by atoms with Crippen LogP contribution in [0.2, 0.25) is 0 Å². The highest BCUT2D eigenvalue weighted by atomic mass is 16.5. The van der Waals surface area contributed by atoms with Crippen LogP contribution in [0.15, 0.2) is 0 Å². The van der Waals surface area contributed by atoms with Crippen LogP contribution in [0, 0.1) is 5.92 Å². The normalized spacial score (nSPS) is 22.1. The van der Waals surface area contributed by atoms with Crippen LogP contribution in [0.5, 0.6) is 0 Å². The second-order valence-electron chi connectivity index (χ2n) is 3.82. The number of carbonyl (C=O) groups is 2. The topological polar surface area (TPSA) is 67.4 Å². The van der Waals surface area contributed by atoms with Crippen molar-refractivity contribution >= 4 is 11.9 Å². The van der Waals surface area contributed by atoms with Gasteiger partial charge in [-0.15, -0.1) is 0 Å². The van der Waals surface area contributed by atoms with E-state index in [1.54, 1.807) is 6.92 Å². The molecule has 1 rings (SSSR count). The zero-order chi connectivity index (χ0) is 11.3. The lowest BCUT2D eigenvalue weighted by Gasteiger charge is -2.13. The van der Waals surface area contributed by atoms with Gasteiger partial charge in [0.15, 0.2) is 0 Å². The molecule has 2 atom stereocenters. The SMILES string of the molecule is COC(=O)C(C)CNC(=O)C1CCCN1. The summed E-state index contributed by atoms with van der Waals surface area (Å²) in [4.78, 5) is 22.6. The summed E-state index contributed by atoms with van der Waals surface area (Å²) in [6.45, 7) is 2.96. The number of amides is 1. The number of ether oxygens (including phenoxy) is 1. The van der Waals surface area contributed by atoms with E-state index in [4.69, 9.17) is 0 Å². The van der Waals surface area contributed by atoms with Crippen LogP contribution >= 0.6 is 0 Å². The van der Waals surface area contributed by atoms with E-state index in [9.17, 15) is 9.59 Å². The highest BCUT2D eigenvalue weighted by Crippen LogP contribution is 2.05. The summed E-state index contributed by atoms with van der Waals surface area (Å²) in [5.74, 6) is -0.613. The summed E-state index contributed by atoms with van der Waals surface area (Å²) in [5, 5.41) is 5.83. The molecule has 1 amide bonds. The van der Waals surface area contributed by atoms with Crippen LogP contribution in [0.4, 0.5) is 0 Å². The quantitative estimate of drug-likeness (QED) is 0.628. The van der Waals surface area contributed by atoms with Crippen molar-refractivity contribution in [2.24, 2.45) is 5.92 Å². The number of rotatable bonds is 4. The molecule has 2 N–H and O–H groups in total. The largest absolute Gasteiger partial charge is 0.469 e. The highest BCUT2D eigenvalue weighted by molar-refractivity contribution is 5.82. The van der Waals surface area contributed by atoms with Crippen LogP contribution in [0.3, 0.4) is 0 Å². The minimum atomic E-state index is -0.297. The van der Waals surface area contributed by atoms with E-state index >= 15 is 0 Å². The number of nitrogens with one attached hydrogen (secondary N) is 2. The van der Waals surface area contributed by atoms with Crippen LogP contribution in [-0.2, 0) is 14.3 Å². The standard InChI is InChI=1S/C10H18N2O3/c1-7(10(14)15-2)6-12-9(13)8-4-3-5-11-8/h7-8,11H,3-6H2,1-2H3,(H,12,13). The molecule has 0 spiro atoms. The molecule has 0 aromatic carbocycles. The van der Waals surface area contributed by atoms with Crippen LogP contribution in [-0.4, -0.2) is 38.1 Å². The molecular formula is C10H18N2O3. The molecule has 0 radical (unpaired) electrons. The van der Waals surface area contributed by atoms with Gasteiger partial charge in [0.05, 0.1) is 19.1 Å². The van der Waals surface area contributed by atoms with Gasteiger partial charge in [-0.25, -0.2) is 0 Å². The summed E-state index contributed by atoms with van der Waals surface area (Å²) in [6.07, 6.45) is 1.91. The molecule has 0 aliphatic carbocycles. The summed E-state index contributed by atoms with van der Waals surface area (Å²) >= 11 is 0. The molecule has 1 aliphatic rings. The van der Waals surface area contributed by atoms with Crippen LogP contribution in [0.1, 0.15) is 19.8 Å². The highest BCUT2D eigenvalue weighted by Gasteiger charge is 2.23. The Hall–Kier alpha value is -1.10. The van der Waals surface area contributed by atoms with Crippen molar-refractivity contribution in [3.63, 3.8) is 0 Å². The van der Waals surface area contributed by atoms with Gasteiger partial charge in [-0.1, -0.05) is 6.92 Å². The van der Waals surface area contributed by atoms with Crippen molar-refractivity contribution in [3.05, 3.63) is 0 Å². The van der Waals surface area contributed by atoms with Gasteiger partial charge in [-0.2, -0.15) is 0 Å². The Labute approximate surface area is 89.6 Å². The molecule has 1 saturated heterocycles. The predicted molar refractivity (Wildman–Crippen MR) is 55.2 cm³/mol. The average molecular weight is 214 g/mol. The molecule has 0 aromatic heterocycles. The van der Waals surface area contributed by atoms with Crippen molar-refractivity contribution in [2.45, 2.75) is 25.8 Å². The van der Waals surface area contributed by atoms with Gasteiger partial charge in [0.2, 0.25) is 5.91 Å². The smallest absolute Gasteiger partial charge is 0.310 e. The number of methoxy groups -OCH3 is 1. The summed E-state index contributed by atoms with van der Waals surface area (Å²) < 4.78 is 4.56. The van der Waals surface area contributed by atoms with Crippen molar-refractivity contribution < 1.29 is 14.3 Å². The van der Waals surface area contributed by atoms with Crippen molar-refractivity contribution in [2.75, 3.05) is 20.2 Å². The minimum Gasteiger partial charge on any atom is -0.469 e. The van der Waals surface area contributed by atoms with Crippen molar-refractivity contribution in [3.8, 4) is 0 Å². The lowest BCUT2D eigenvalue weighted by atomic mass is 10.1. The molecule has 1 heterocycles. The van der Waals surface area contributed by atoms with Gasteiger partial charge < -0.3 is 15.4 Å². The van der Waals surface area contributed by atoms with Gasteiger partial charge in [0, 0.05) is 6.54 Å². The Bertz CT molecular complexity index is 237. The lowest BCUT2D eigenvalue weighted by molar-refractivity contribution is -0.144. The molecule has 15 heavy (non-hydrogen) atoms. The number of hydrogen-bond donors (Lipinski definition) is 2. The van der Waals surface area contributed by atoms with Gasteiger partial charge in [-0.3, -0.25) is 9.59 Å². The molecular weight excluding hydrogens is 196 g/mol. The van der Waals surface area contributed by atoms with E-state index in [0.717, 1.165) is 19.4 Å². The molecule has 5 nitrogen and oxygen atoms in total. The Morgan fingerprint density at radius 2 is 2.33 bits per heavy atom. The number of hydrogen-bond acceptors (Lipinski definition) is 4. The first-order chi connectivity index (χ1) is 7.15. The van der Waals surface area contributed by atoms with E-state index in [0.29, 0.717) is 6.54 Å². The van der Waals surface area contributed by atoms with Crippen molar-refractivity contribution in [1.82, 2.24) is 10.6 Å². The Morgan fingerprint density at radius 3 is 2.87 bits per heavy atom. The molecule has 0 bridgehead atoms. The van der Waals surface area contributed by atoms with E-state index in [1.807, 2.05) is 0 Å². The number of carbonyl (C=O) groups excluding carboxylic acids is 2. The summed E-state index contributed by atoms with van der Waals surface area (Å²) in [6, 6.07) is -0.0881. The van der Waals surface area contributed by atoms with Crippen LogP contribution < -0.4 is 10.6 Å². The molecule has 1 aliphatic heterocycles. The third-order valence-electron chi connectivity index (χ3n) is 2.56. The van der Waals surface area contributed by atoms with Crippen LogP contribution in [0.25, 0.3) is 0 Å². The Balaban J connectivity index is 2.24. The average Bonchev–Trinajstić information content (AvgIpc) is 2.77. The third-order valence-corrected chi connectivity index (χ3v) is 2.56. The van der Waals surface area contributed by atoms with E-state index in [2.05, 4.69) is 15.4 Å². The second-order valence-corrected chi connectivity index (χ2v) is 3.82. The third kappa shape index (κ3) is 3.51. The summed E-state index contributed by atoms with van der Waals surface area (Å²) in [7, 11) is 1.35. The molecule has 0 saturated carbocycles. The van der Waals surface area contributed by atoms with Gasteiger partial charge in [-0.05, 0) is 19.4 Å². The predicted octanol–water partition coefficient (Wildman–Crippen LogP) is -0.336. The maximum atomic E-state index is 11.5. The lowest BCUT2D eigenvalue weighted by Crippen LogP contribution is -2.42. The maximum absolute atomic E-state index is 11.5. The fourth-order valence-corrected chi connectivity index (χ4v) is 1.57. The van der Waals surface area contributed by atoms with Crippen molar-refractivity contribution in [1.29, 1.82) is 0 Å². The Kier molecular flexibility index (Phi) is 4.55. The Morgan fingerprint density at radius 1 is 1.60 bits per heavy atom. The fraction of sp³-hybridized carbons (Fsp3) is 0.800. The molecule has 2 unspecified atom stereocenters. The molecule has 5 heteroatoms. The zero-order valence-electron chi connectivity index (χ0n) is 9.21. The zero-order valence-corrected chi connectivity index (χ0v) is 9.21. The van der Waals surface area contributed by atoms with E-state index < -0.39 is 0 Å². The second kappa shape index (κ2) is 5.70. The molecule has 0 aromatic rings. The maximum Gasteiger partial charge on any atom is 0.310 e. The van der Waals surface area contributed by atoms with E-state index in [1.165, 1.54) is 7.11 Å². The monoisotopic (exact) mass is 214 g/mol. The fourth-order valence-electron chi connectivity index (χ4n) is 1.57. The first-order valence-electron chi connectivity index (χ1n) is 5.24. The van der Waals surface area contributed by atoms with Gasteiger partial charge >= 0.3 is 5.97 Å². The first-order valence-corrected chi connectivity index (χ1v) is 5.24. The molecule has 1 fully saturated rings.